The number of methoxy groups -OCH3 is 1. The number of carbonyl (C=O) groups excluding carboxylic acids is 2. The van der Waals surface area contributed by atoms with Crippen molar-refractivity contribution >= 4 is 34.7 Å². The van der Waals surface area contributed by atoms with Crippen LogP contribution in [0.5, 0.6) is 17.4 Å². The number of likely N-dealkylation sites (N-methyl/N-ethyl adjacent to an activating group) is 1. The Balaban J connectivity index is 1.67. The molecule has 11 nitrogen and oxygen atoms in total. The van der Waals surface area contributed by atoms with E-state index in [1.807, 2.05) is 25.1 Å². The van der Waals surface area contributed by atoms with Crippen LogP contribution in [0, 0.1) is 0 Å². The first-order chi connectivity index (χ1) is 18.8. The predicted molar refractivity (Wildman–Crippen MR) is 151 cm³/mol. The van der Waals surface area contributed by atoms with E-state index in [0.717, 1.165) is 37.6 Å². The van der Waals surface area contributed by atoms with Crippen LogP contribution in [-0.2, 0) is 11.2 Å². The van der Waals surface area contributed by atoms with E-state index in [2.05, 4.69) is 44.0 Å². The summed E-state index contributed by atoms with van der Waals surface area (Å²) in [6, 6.07) is 12.5. The molecule has 4 rings (SSSR count). The van der Waals surface area contributed by atoms with Crippen LogP contribution in [0.25, 0.3) is 0 Å². The molecule has 1 aliphatic rings. The lowest BCUT2D eigenvalue weighted by Gasteiger charge is -2.35. The van der Waals surface area contributed by atoms with E-state index < -0.39 is 5.91 Å². The third-order valence-corrected chi connectivity index (χ3v) is 6.29. The van der Waals surface area contributed by atoms with Crippen molar-refractivity contribution in [3.63, 3.8) is 0 Å². The van der Waals surface area contributed by atoms with E-state index in [9.17, 15) is 9.59 Å². The van der Waals surface area contributed by atoms with Crippen LogP contribution in [0.15, 0.2) is 55.1 Å². The molecule has 2 amide bonds. The fourth-order valence-corrected chi connectivity index (χ4v) is 4.17. The first kappa shape index (κ1) is 27.4. The van der Waals surface area contributed by atoms with E-state index >= 15 is 0 Å². The Morgan fingerprint density at radius 1 is 1.10 bits per heavy atom. The van der Waals surface area contributed by atoms with Gasteiger partial charge in [-0.25, -0.2) is 4.98 Å². The van der Waals surface area contributed by atoms with Crippen molar-refractivity contribution in [3.8, 4) is 17.4 Å². The van der Waals surface area contributed by atoms with Crippen LogP contribution in [0.2, 0.25) is 0 Å². The summed E-state index contributed by atoms with van der Waals surface area (Å²) in [5.41, 5.74) is 8.29. The van der Waals surface area contributed by atoms with Crippen LogP contribution < -0.4 is 30.7 Å². The third-order valence-electron chi connectivity index (χ3n) is 6.29. The number of hydrogen-bond donors (Lipinski definition) is 3. The van der Waals surface area contributed by atoms with Gasteiger partial charge in [-0.3, -0.25) is 9.59 Å². The number of nitrogens with zero attached hydrogens (tertiary/aromatic N) is 4. The quantitative estimate of drug-likeness (QED) is 0.336. The topological polar surface area (TPSA) is 135 Å². The summed E-state index contributed by atoms with van der Waals surface area (Å²) in [7, 11) is 3.74. The molecular weight excluding hydrogens is 498 g/mol. The highest BCUT2D eigenvalue weighted by atomic mass is 16.5. The van der Waals surface area contributed by atoms with Gasteiger partial charge in [-0.15, -0.1) is 0 Å². The average Bonchev–Trinajstić information content (AvgIpc) is 2.93. The second-order valence-electron chi connectivity index (χ2n) is 9.02. The van der Waals surface area contributed by atoms with Crippen LogP contribution in [0.4, 0.5) is 22.9 Å². The molecule has 39 heavy (non-hydrogen) atoms. The number of anilines is 4. The second-order valence-corrected chi connectivity index (χ2v) is 9.02. The number of aromatic nitrogens is 2. The van der Waals surface area contributed by atoms with Gasteiger partial charge in [0.15, 0.2) is 11.5 Å². The highest BCUT2D eigenvalue weighted by Gasteiger charge is 2.21. The highest BCUT2D eigenvalue weighted by Crippen LogP contribution is 2.34. The Morgan fingerprint density at radius 2 is 1.87 bits per heavy atom. The number of hydrogen-bond acceptors (Lipinski definition) is 9. The lowest BCUT2D eigenvalue weighted by molar-refractivity contribution is -0.111. The Bertz CT molecular complexity index is 1370. The fraction of sp³-hybridized carbons (Fsp3) is 0.286. The van der Waals surface area contributed by atoms with Gasteiger partial charge in [0.1, 0.15) is 17.2 Å². The maximum absolute atomic E-state index is 12.3. The summed E-state index contributed by atoms with van der Waals surface area (Å²) in [5, 5.41) is 5.90. The van der Waals surface area contributed by atoms with Crippen LogP contribution in [0.3, 0.4) is 0 Å². The van der Waals surface area contributed by atoms with Crippen LogP contribution in [-0.4, -0.2) is 67.0 Å². The molecule has 0 unspecified atom stereocenters. The van der Waals surface area contributed by atoms with Crippen molar-refractivity contribution in [2.75, 3.05) is 55.9 Å². The fourth-order valence-electron chi connectivity index (χ4n) is 4.17. The van der Waals surface area contributed by atoms with Crippen molar-refractivity contribution in [1.82, 2.24) is 14.9 Å². The largest absolute Gasteiger partial charge is 0.495 e. The van der Waals surface area contributed by atoms with Crippen molar-refractivity contribution < 1.29 is 19.1 Å². The maximum atomic E-state index is 12.3. The molecule has 1 saturated heterocycles. The van der Waals surface area contributed by atoms with E-state index in [1.54, 1.807) is 31.4 Å². The molecule has 0 atom stereocenters. The van der Waals surface area contributed by atoms with Crippen molar-refractivity contribution in [2.24, 2.45) is 5.73 Å². The molecule has 0 aliphatic carbocycles. The molecule has 2 aromatic carbocycles. The van der Waals surface area contributed by atoms with E-state index in [-0.39, 0.29) is 23.3 Å². The van der Waals surface area contributed by atoms with Gasteiger partial charge in [0, 0.05) is 43.6 Å². The highest BCUT2D eigenvalue weighted by molar-refractivity contribution is 5.99. The number of aryl methyl sites for hydroxylation is 1. The minimum Gasteiger partial charge on any atom is -0.495 e. The number of nitrogens with one attached hydrogen (secondary N) is 2. The van der Waals surface area contributed by atoms with E-state index in [0.29, 0.717) is 29.2 Å². The first-order valence-corrected chi connectivity index (χ1v) is 12.6. The Labute approximate surface area is 227 Å². The normalized spacial score (nSPS) is 13.5. The van der Waals surface area contributed by atoms with Gasteiger partial charge in [0.05, 0.1) is 12.8 Å². The minimum atomic E-state index is -0.715. The first-order valence-electron chi connectivity index (χ1n) is 12.6. The third kappa shape index (κ3) is 6.63. The molecule has 0 bridgehead atoms. The van der Waals surface area contributed by atoms with Gasteiger partial charge in [0.25, 0.3) is 5.91 Å². The standard InChI is InChI=1S/C28H33N7O4/c1-5-21-28(39-20-9-7-8-18(16-20)30-24(36)6-2)33-27(25(32-21)26(29)37)31-19-10-11-23(38-4)22(17-19)35-14-12-34(3)13-15-35/h6-11,16-17H,2,5,12-15H2,1,3-4H3,(H2,29,37)(H,30,36)(H,31,33). The maximum Gasteiger partial charge on any atom is 0.271 e. The lowest BCUT2D eigenvalue weighted by Crippen LogP contribution is -2.44. The van der Waals surface area contributed by atoms with Gasteiger partial charge < -0.3 is 35.6 Å². The van der Waals surface area contributed by atoms with Gasteiger partial charge >= 0.3 is 0 Å². The molecule has 1 aliphatic heterocycles. The van der Waals surface area contributed by atoms with E-state index in [4.69, 9.17) is 15.2 Å². The number of benzene rings is 2. The molecule has 0 radical (unpaired) electrons. The zero-order valence-corrected chi connectivity index (χ0v) is 22.4. The minimum absolute atomic E-state index is 0.00293. The molecule has 11 heteroatoms. The lowest BCUT2D eigenvalue weighted by atomic mass is 10.2. The SMILES string of the molecule is C=CC(=O)Nc1cccc(Oc2nc(Nc3ccc(OC)c(N4CCN(C)CC4)c3)c(C(N)=O)nc2CC)c1. The zero-order chi connectivity index (χ0) is 27.9. The smallest absolute Gasteiger partial charge is 0.271 e. The Morgan fingerprint density at radius 3 is 2.54 bits per heavy atom. The number of carbonyl (C=O) groups is 2. The van der Waals surface area contributed by atoms with Crippen molar-refractivity contribution in [1.29, 1.82) is 0 Å². The molecular formula is C28H33N7O4. The summed E-state index contributed by atoms with van der Waals surface area (Å²) in [4.78, 5) is 37.6. The molecule has 2 heterocycles. The number of primary amides is 1. The summed E-state index contributed by atoms with van der Waals surface area (Å²) < 4.78 is 11.7. The van der Waals surface area contributed by atoms with Gasteiger partial charge in [0.2, 0.25) is 11.8 Å². The summed E-state index contributed by atoms with van der Waals surface area (Å²) >= 11 is 0. The van der Waals surface area contributed by atoms with Gasteiger partial charge in [-0.2, -0.15) is 4.98 Å². The molecule has 0 spiro atoms. The number of rotatable bonds is 10. The second kappa shape index (κ2) is 12.3. The molecule has 1 aromatic heterocycles. The summed E-state index contributed by atoms with van der Waals surface area (Å²) in [6.07, 6.45) is 1.63. The molecule has 1 fully saturated rings. The van der Waals surface area contributed by atoms with Gasteiger partial charge in [-0.1, -0.05) is 19.6 Å². The Kier molecular flexibility index (Phi) is 8.62. The number of nitrogens with two attached hydrogens (primary N) is 1. The number of ether oxygens (including phenoxy) is 2. The summed E-state index contributed by atoms with van der Waals surface area (Å²) in [5.74, 6) is 0.507. The molecule has 0 saturated carbocycles. The van der Waals surface area contributed by atoms with E-state index in [1.165, 1.54) is 6.08 Å². The number of amides is 2. The molecule has 3 aromatic rings. The van der Waals surface area contributed by atoms with Crippen molar-refractivity contribution in [2.45, 2.75) is 13.3 Å². The van der Waals surface area contributed by atoms with Crippen LogP contribution in [0.1, 0.15) is 23.1 Å². The van der Waals surface area contributed by atoms with Crippen molar-refractivity contribution in [3.05, 3.63) is 66.5 Å². The summed E-state index contributed by atoms with van der Waals surface area (Å²) in [6.45, 7) is 8.94. The zero-order valence-electron chi connectivity index (χ0n) is 22.4. The monoisotopic (exact) mass is 531 g/mol. The number of piperazine rings is 1. The Hall–Kier alpha value is -4.64. The molecule has 204 valence electrons. The van der Waals surface area contributed by atoms with Crippen LogP contribution >= 0.6 is 0 Å². The predicted octanol–water partition coefficient (Wildman–Crippen LogP) is 3.56. The molecule has 4 N–H and O–H groups in total. The van der Waals surface area contributed by atoms with Gasteiger partial charge in [-0.05, 0) is 49.9 Å². The average molecular weight is 532 g/mol.